The molecule has 0 aliphatic carbocycles. The quantitative estimate of drug-likeness (QED) is 0.623. The largest absolute Gasteiger partial charge is 0.377 e. The van der Waals surface area contributed by atoms with Gasteiger partial charge in [0.1, 0.15) is 0 Å². The van der Waals surface area contributed by atoms with E-state index in [1.54, 1.807) is 13.0 Å². The maximum Gasteiger partial charge on any atom is 0.367 e. The zero-order chi connectivity index (χ0) is 13.3. The minimum atomic E-state index is -0.402. The molecule has 1 aromatic carbocycles. The van der Waals surface area contributed by atoms with Gasteiger partial charge in [-0.05, 0) is 46.6 Å². The second-order valence-corrected chi connectivity index (χ2v) is 5.07. The molecule has 94 valence electrons. The van der Waals surface area contributed by atoms with Gasteiger partial charge < -0.3 is 9.74 Å². The molecule has 0 bridgehead atoms. The van der Waals surface area contributed by atoms with Crippen molar-refractivity contribution in [3.05, 3.63) is 33.8 Å². The van der Waals surface area contributed by atoms with Crippen molar-refractivity contribution >= 4 is 39.4 Å². The third-order valence-corrected chi connectivity index (χ3v) is 3.27. The molecule has 5 heteroatoms. The van der Waals surface area contributed by atoms with Gasteiger partial charge in [0.05, 0.1) is 17.0 Å². The fourth-order valence-electron chi connectivity index (χ4n) is 1.66. The first-order valence-corrected chi connectivity index (χ1v) is 6.23. The van der Waals surface area contributed by atoms with Crippen LogP contribution in [0.2, 0.25) is 0 Å². The smallest absolute Gasteiger partial charge is 0.367 e. The van der Waals surface area contributed by atoms with Gasteiger partial charge >= 0.3 is 5.97 Å². The van der Waals surface area contributed by atoms with Crippen LogP contribution in [0.1, 0.15) is 12.5 Å². The number of nitrogens with zero attached hydrogens (tertiary/aromatic N) is 2. The van der Waals surface area contributed by atoms with Gasteiger partial charge in [-0.3, -0.25) is 0 Å². The molecule has 0 atom stereocenters. The number of anilines is 1. The van der Waals surface area contributed by atoms with Crippen LogP contribution in [-0.4, -0.2) is 25.8 Å². The minimum Gasteiger partial charge on any atom is -0.377 e. The number of halogens is 1. The Morgan fingerprint density at radius 2 is 2.11 bits per heavy atom. The number of benzene rings is 1. The summed E-state index contributed by atoms with van der Waals surface area (Å²) in [5, 5.41) is 3.64. The van der Waals surface area contributed by atoms with Crippen LogP contribution in [-0.2, 0) is 9.63 Å². The fraction of sp³-hybridized carbons (Fsp3) is 0.231. The lowest BCUT2D eigenvalue weighted by Crippen LogP contribution is -2.09. The molecule has 18 heavy (non-hydrogen) atoms. The van der Waals surface area contributed by atoms with Crippen LogP contribution in [0, 0.1) is 0 Å². The van der Waals surface area contributed by atoms with E-state index in [2.05, 4.69) is 25.9 Å². The molecule has 1 aliphatic rings. The summed E-state index contributed by atoms with van der Waals surface area (Å²) in [5.41, 5.74) is 3.11. The molecule has 0 unspecified atom stereocenters. The number of hydrogen-bond donors (Lipinski definition) is 0. The molecular formula is C13H13BrN2O2. The maximum atomic E-state index is 11.4. The summed E-state index contributed by atoms with van der Waals surface area (Å²) in [6, 6.07) is 5.90. The highest BCUT2D eigenvalue weighted by Gasteiger charge is 2.21. The normalized spacial score (nSPS) is 16.8. The van der Waals surface area contributed by atoms with Crippen molar-refractivity contribution < 1.29 is 9.63 Å². The average molecular weight is 309 g/mol. The molecule has 0 fully saturated rings. The van der Waals surface area contributed by atoms with Crippen LogP contribution in [0.4, 0.5) is 5.69 Å². The van der Waals surface area contributed by atoms with Crippen molar-refractivity contribution in [2.45, 2.75) is 6.92 Å². The highest BCUT2D eigenvalue weighted by molar-refractivity contribution is 9.10. The van der Waals surface area contributed by atoms with Gasteiger partial charge in [-0.1, -0.05) is 11.2 Å². The third-order valence-electron chi connectivity index (χ3n) is 2.64. The number of rotatable bonds is 2. The van der Waals surface area contributed by atoms with Gasteiger partial charge in [0.25, 0.3) is 0 Å². The first kappa shape index (κ1) is 12.8. The molecular weight excluding hydrogens is 296 g/mol. The van der Waals surface area contributed by atoms with Crippen LogP contribution < -0.4 is 4.90 Å². The van der Waals surface area contributed by atoms with Crippen LogP contribution in [0.15, 0.2) is 33.4 Å². The lowest BCUT2D eigenvalue weighted by Gasteiger charge is -2.14. The molecule has 4 nitrogen and oxygen atoms in total. The Hall–Kier alpha value is -1.62. The number of carbonyl (C=O) groups is 1. The zero-order valence-electron chi connectivity index (χ0n) is 10.4. The predicted octanol–water partition coefficient (Wildman–Crippen LogP) is 2.83. The molecule has 0 aromatic heterocycles. The second kappa shape index (κ2) is 4.94. The second-order valence-electron chi connectivity index (χ2n) is 4.22. The van der Waals surface area contributed by atoms with Gasteiger partial charge in [-0.15, -0.1) is 0 Å². The van der Waals surface area contributed by atoms with E-state index in [4.69, 9.17) is 0 Å². The molecule has 0 radical (unpaired) electrons. The summed E-state index contributed by atoms with van der Waals surface area (Å²) in [7, 11) is 3.95. The van der Waals surface area contributed by atoms with E-state index < -0.39 is 5.97 Å². The van der Waals surface area contributed by atoms with Crippen LogP contribution in [0.3, 0.4) is 0 Å². The standard InChI is InChI=1S/C13H13BrN2O2/c1-8-10(13(17)18-15-8)6-9-4-5-12(16(2)3)11(14)7-9/h4-7H,1-3H3. The number of carbonyl (C=O) groups excluding carboxylic acids is 1. The van der Waals surface area contributed by atoms with Crippen molar-refractivity contribution in [1.29, 1.82) is 0 Å². The summed E-state index contributed by atoms with van der Waals surface area (Å²) < 4.78 is 0.975. The van der Waals surface area contributed by atoms with Gasteiger partial charge in [-0.25, -0.2) is 4.79 Å². The first-order chi connectivity index (χ1) is 8.49. The maximum absolute atomic E-state index is 11.4. The topological polar surface area (TPSA) is 41.9 Å². The monoisotopic (exact) mass is 308 g/mol. The predicted molar refractivity (Wildman–Crippen MR) is 75.6 cm³/mol. The Labute approximate surface area is 114 Å². The van der Waals surface area contributed by atoms with Gasteiger partial charge in [-0.2, -0.15) is 0 Å². The molecule has 1 heterocycles. The summed E-state index contributed by atoms with van der Waals surface area (Å²) in [6.45, 7) is 1.75. The molecule has 0 saturated carbocycles. The SMILES string of the molecule is CC1=NOC(=O)C1=Cc1ccc(N(C)C)c(Br)c1. The van der Waals surface area contributed by atoms with E-state index in [9.17, 15) is 4.79 Å². The van der Waals surface area contributed by atoms with E-state index in [0.29, 0.717) is 11.3 Å². The van der Waals surface area contributed by atoms with Gasteiger partial charge in [0, 0.05) is 18.6 Å². The van der Waals surface area contributed by atoms with Gasteiger partial charge in [0.15, 0.2) is 0 Å². The zero-order valence-corrected chi connectivity index (χ0v) is 12.0. The van der Waals surface area contributed by atoms with E-state index in [1.165, 1.54) is 0 Å². The fourth-order valence-corrected chi connectivity index (χ4v) is 2.41. The highest BCUT2D eigenvalue weighted by atomic mass is 79.9. The molecule has 0 saturated heterocycles. The van der Waals surface area contributed by atoms with E-state index in [-0.39, 0.29) is 0 Å². The van der Waals surface area contributed by atoms with Crippen molar-refractivity contribution in [2.75, 3.05) is 19.0 Å². The van der Waals surface area contributed by atoms with Crippen LogP contribution in [0.25, 0.3) is 6.08 Å². The minimum absolute atomic E-state index is 0.402. The Bertz CT molecular complexity index is 562. The molecule has 1 aliphatic heterocycles. The molecule has 0 spiro atoms. The van der Waals surface area contributed by atoms with E-state index in [0.717, 1.165) is 15.7 Å². The van der Waals surface area contributed by atoms with Gasteiger partial charge in [0.2, 0.25) is 0 Å². The van der Waals surface area contributed by atoms with Crippen LogP contribution in [0.5, 0.6) is 0 Å². The molecule has 0 N–H and O–H groups in total. The number of hydrogen-bond acceptors (Lipinski definition) is 4. The highest BCUT2D eigenvalue weighted by Crippen LogP contribution is 2.27. The summed E-state index contributed by atoms with van der Waals surface area (Å²) >= 11 is 3.51. The Balaban J connectivity index is 2.36. The Kier molecular flexibility index (Phi) is 3.52. The van der Waals surface area contributed by atoms with Crippen molar-refractivity contribution in [2.24, 2.45) is 5.16 Å². The van der Waals surface area contributed by atoms with Crippen molar-refractivity contribution in [1.82, 2.24) is 0 Å². The first-order valence-electron chi connectivity index (χ1n) is 5.44. The molecule has 2 rings (SSSR count). The lowest BCUT2D eigenvalue weighted by molar-refractivity contribution is -0.136. The van der Waals surface area contributed by atoms with E-state index in [1.807, 2.05) is 37.2 Å². The molecule has 0 amide bonds. The Morgan fingerprint density at radius 1 is 1.39 bits per heavy atom. The van der Waals surface area contributed by atoms with Crippen molar-refractivity contribution in [3.8, 4) is 0 Å². The average Bonchev–Trinajstić information content (AvgIpc) is 2.60. The Morgan fingerprint density at radius 3 is 2.61 bits per heavy atom. The van der Waals surface area contributed by atoms with Crippen LogP contribution >= 0.6 is 15.9 Å². The summed E-state index contributed by atoms with van der Waals surface area (Å²) in [5.74, 6) is -0.402. The number of oxime groups is 1. The lowest BCUT2D eigenvalue weighted by atomic mass is 10.1. The summed E-state index contributed by atoms with van der Waals surface area (Å²) in [4.78, 5) is 18.0. The van der Waals surface area contributed by atoms with E-state index >= 15 is 0 Å². The third kappa shape index (κ3) is 2.46. The molecule has 1 aromatic rings. The summed E-state index contributed by atoms with van der Waals surface area (Å²) in [6.07, 6.45) is 1.78. The van der Waals surface area contributed by atoms with Crippen molar-refractivity contribution in [3.63, 3.8) is 0 Å².